The molecule has 1 unspecified atom stereocenters. The van der Waals surface area contributed by atoms with Gasteiger partial charge in [-0.3, -0.25) is 9.10 Å². The molecule has 2 aromatic carbocycles. The van der Waals surface area contributed by atoms with Crippen LogP contribution in [0.2, 0.25) is 0 Å². The monoisotopic (exact) mass is 416 g/mol. The van der Waals surface area contributed by atoms with Gasteiger partial charge in [-0.05, 0) is 43.2 Å². The van der Waals surface area contributed by atoms with Gasteiger partial charge in [0, 0.05) is 18.7 Å². The molecule has 29 heavy (non-hydrogen) atoms. The fourth-order valence-electron chi connectivity index (χ4n) is 3.78. The molecule has 0 radical (unpaired) electrons. The van der Waals surface area contributed by atoms with Crippen LogP contribution in [0.5, 0.6) is 11.5 Å². The molecule has 4 rings (SSSR count). The summed E-state index contributed by atoms with van der Waals surface area (Å²) in [6, 6.07) is 12.0. The minimum atomic E-state index is -3.94. The van der Waals surface area contributed by atoms with Gasteiger partial charge in [-0.15, -0.1) is 0 Å². The van der Waals surface area contributed by atoms with Crippen LogP contribution in [0, 0.1) is 0 Å². The summed E-state index contributed by atoms with van der Waals surface area (Å²) in [5, 5.41) is 0. The van der Waals surface area contributed by atoms with E-state index in [1.165, 1.54) is 17.5 Å². The van der Waals surface area contributed by atoms with Crippen LogP contribution in [-0.4, -0.2) is 40.6 Å². The number of methoxy groups -OCH3 is 1. The van der Waals surface area contributed by atoms with Gasteiger partial charge in [0.05, 0.1) is 19.3 Å². The SMILES string of the molecule is CCC1CN(S(=O)(=O)c2cc(N3CCCC3=O)ccc2OC)c2ccccc2O1. The maximum absolute atomic E-state index is 13.7. The number of para-hydroxylation sites is 2. The number of nitrogens with zero attached hydrogens (tertiary/aromatic N) is 2. The maximum atomic E-state index is 13.7. The van der Waals surface area contributed by atoms with E-state index in [9.17, 15) is 13.2 Å². The van der Waals surface area contributed by atoms with Crippen molar-refractivity contribution in [1.82, 2.24) is 0 Å². The van der Waals surface area contributed by atoms with E-state index in [0.29, 0.717) is 36.5 Å². The van der Waals surface area contributed by atoms with E-state index < -0.39 is 10.0 Å². The number of fused-ring (bicyclic) bond motifs is 1. The van der Waals surface area contributed by atoms with Crippen molar-refractivity contribution in [2.75, 3.05) is 29.4 Å². The maximum Gasteiger partial charge on any atom is 0.268 e. The summed E-state index contributed by atoms with van der Waals surface area (Å²) in [5.74, 6) is 0.790. The molecule has 2 heterocycles. The molecule has 0 bridgehead atoms. The average Bonchev–Trinajstić information content (AvgIpc) is 3.18. The van der Waals surface area contributed by atoms with E-state index in [1.54, 1.807) is 35.2 Å². The lowest BCUT2D eigenvalue weighted by molar-refractivity contribution is -0.117. The Morgan fingerprint density at radius 3 is 2.69 bits per heavy atom. The van der Waals surface area contributed by atoms with Crippen molar-refractivity contribution < 1.29 is 22.7 Å². The van der Waals surface area contributed by atoms with Crippen LogP contribution in [0.25, 0.3) is 0 Å². The largest absolute Gasteiger partial charge is 0.495 e. The first kappa shape index (κ1) is 19.6. The number of ether oxygens (including phenoxy) is 2. The molecule has 0 aliphatic carbocycles. The molecule has 8 heteroatoms. The van der Waals surface area contributed by atoms with Crippen molar-refractivity contribution in [1.29, 1.82) is 0 Å². The van der Waals surface area contributed by atoms with Crippen LogP contribution in [0.4, 0.5) is 11.4 Å². The number of amides is 1. The molecule has 2 aromatic rings. The van der Waals surface area contributed by atoms with Gasteiger partial charge in [-0.1, -0.05) is 19.1 Å². The van der Waals surface area contributed by atoms with Gasteiger partial charge in [0.25, 0.3) is 10.0 Å². The number of anilines is 2. The van der Waals surface area contributed by atoms with Crippen LogP contribution in [0.15, 0.2) is 47.4 Å². The zero-order valence-electron chi connectivity index (χ0n) is 16.5. The highest BCUT2D eigenvalue weighted by Crippen LogP contribution is 2.40. The molecular weight excluding hydrogens is 392 g/mol. The Hall–Kier alpha value is -2.74. The Morgan fingerprint density at radius 1 is 1.21 bits per heavy atom. The topological polar surface area (TPSA) is 76.2 Å². The van der Waals surface area contributed by atoms with Crippen molar-refractivity contribution in [3.8, 4) is 11.5 Å². The summed E-state index contributed by atoms with van der Waals surface area (Å²) in [7, 11) is -2.50. The van der Waals surface area contributed by atoms with Gasteiger partial charge in [0.15, 0.2) is 0 Å². The normalized spacial score (nSPS) is 19.1. The van der Waals surface area contributed by atoms with E-state index >= 15 is 0 Å². The van der Waals surface area contributed by atoms with Gasteiger partial charge in [-0.25, -0.2) is 8.42 Å². The number of benzene rings is 2. The van der Waals surface area contributed by atoms with Gasteiger partial charge in [0.2, 0.25) is 5.91 Å². The van der Waals surface area contributed by atoms with E-state index in [1.807, 2.05) is 13.0 Å². The predicted octanol–water partition coefficient (Wildman–Crippen LogP) is 3.19. The molecule has 1 atom stereocenters. The number of hydrogen-bond donors (Lipinski definition) is 0. The quantitative estimate of drug-likeness (QED) is 0.748. The van der Waals surface area contributed by atoms with Crippen molar-refractivity contribution >= 4 is 27.3 Å². The summed E-state index contributed by atoms with van der Waals surface area (Å²) in [4.78, 5) is 13.8. The highest BCUT2D eigenvalue weighted by Gasteiger charge is 2.36. The smallest absolute Gasteiger partial charge is 0.268 e. The molecular formula is C21H24N2O5S. The van der Waals surface area contributed by atoms with E-state index in [-0.39, 0.29) is 29.2 Å². The lowest BCUT2D eigenvalue weighted by atomic mass is 10.2. The Bertz CT molecular complexity index is 1040. The van der Waals surface area contributed by atoms with Gasteiger partial charge < -0.3 is 14.4 Å². The Morgan fingerprint density at radius 2 is 2.00 bits per heavy atom. The van der Waals surface area contributed by atoms with Crippen molar-refractivity contribution in [3.05, 3.63) is 42.5 Å². The first-order valence-electron chi connectivity index (χ1n) is 9.72. The molecule has 0 aromatic heterocycles. The Labute approximate surface area is 170 Å². The molecule has 2 aliphatic rings. The molecule has 7 nitrogen and oxygen atoms in total. The van der Waals surface area contributed by atoms with Crippen LogP contribution < -0.4 is 18.7 Å². The molecule has 0 N–H and O–H groups in total. The van der Waals surface area contributed by atoms with Gasteiger partial charge in [0.1, 0.15) is 22.5 Å². The van der Waals surface area contributed by atoms with E-state index in [4.69, 9.17) is 9.47 Å². The molecule has 1 amide bonds. The third-order valence-electron chi connectivity index (χ3n) is 5.35. The molecule has 1 saturated heterocycles. The molecule has 154 valence electrons. The Kier molecular flexibility index (Phi) is 5.12. The zero-order chi connectivity index (χ0) is 20.6. The summed E-state index contributed by atoms with van der Waals surface area (Å²) in [6.07, 6.45) is 1.68. The highest BCUT2D eigenvalue weighted by atomic mass is 32.2. The van der Waals surface area contributed by atoms with Crippen LogP contribution >= 0.6 is 0 Å². The van der Waals surface area contributed by atoms with Crippen molar-refractivity contribution in [3.63, 3.8) is 0 Å². The average molecular weight is 416 g/mol. The third-order valence-corrected chi connectivity index (χ3v) is 7.15. The first-order valence-corrected chi connectivity index (χ1v) is 11.2. The second kappa shape index (κ2) is 7.59. The number of rotatable bonds is 5. The van der Waals surface area contributed by atoms with Gasteiger partial charge in [-0.2, -0.15) is 0 Å². The lowest BCUT2D eigenvalue weighted by Gasteiger charge is -2.35. The van der Waals surface area contributed by atoms with Crippen LogP contribution in [0.3, 0.4) is 0 Å². The van der Waals surface area contributed by atoms with Gasteiger partial charge >= 0.3 is 0 Å². The molecule has 1 fully saturated rings. The summed E-state index contributed by atoms with van der Waals surface area (Å²) < 4.78 is 40.1. The summed E-state index contributed by atoms with van der Waals surface area (Å²) >= 11 is 0. The number of hydrogen-bond acceptors (Lipinski definition) is 5. The van der Waals surface area contributed by atoms with E-state index in [0.717, 1.165) is 6.42 Å². The second-order valence-electron chi connectivity index (χ2n) is 7.14. The highest BCUT2D eigenvalue weighted by molar-refractivity contribution is 7.93. The summed E-state index contributed by atoms with van der Waals surface area (Å²) in [6.45, 7) is 2.76. The lowest BCUT2D eigenvalue weighted by Crippen LogP contribution is -2.43. The second-order valence-corrected chi connectivity index (χ2v) is 8.97. The Balaban J connectivity index is 1.82. The predicted molar refractivity (Wildman–Crippen MR) is 110 cm³/mol. The molecule has 0 spiro atoms. The van der Waals surface area contributed by atoms with Crippen molar-refractivity contribution in [2.24, 2.45) is 0 Å². The number of carbonyl (C=O) groups is 1. The number of sulfonamides is 1. The number of carbonyl (C=O) groups excluding carboxylic acids is 1. The minimum Gasteiger partial charge on any atom is -0.495 e. The third kappa shape index (κ3) is 3.42. The molecule has 2 aliphatic heterocycles. The standard InChI is InChI=1S/C21H24N2O5S/c1-3-16-14-23(17-7-4-5-8-18(17)28-16)29(25,26)20-13-15(10-11-19(20)27-2)22-12-6-9-21(22)24/h4-5,7-8,10-11,13,16H,3,6,9,12,14H2,1-2H3. The van der Waals surface area contributed by atoms with Crippen LogP contribution in [-0.2, 0) is 14.8 Å². The first-order chi connectivity index (χ1) is 14.0. The van der Waals surface area contributed by atoms with E-state index in [2.05, 4.69) is 0 Å². The zero-order valence-corrected chi connectivity index (χ0v) is 17.3. The van der Waals surface area contributed by atoms with Crippen molar-refractivity contribution in [2.45, 2.75) is 37.2 Å². The fourth-order valence-corrected chi connectivity index (χ4v) is 5.46. The minimum absolute atomic E-state index is 0.00119. The summed E-state index contributed by atoms with van der Waals surface area (Å²) in [5.41, 5.74) is 1.07. The van der Waals surface area contributed by atoms with Crippen LogP contribution in [0.1, 0.15) is 26.2 Å². The fraction of sp³-hybridized carbons (Fsp3) is 0.381. The molecule has 0 saturated carbocycles.